The highest BCUT2D eigenvalue weighted by Crippen LogP contribution is 2.19. The third-order valence-corrected chi connectivity index (χ3v) is 5.81. The summed E-state index contributed by atoms with van der Waals surface area (Å²) in [5.74, 6) is -1.43. The van der Waals surface area contributed by atoms with Crippen LogP contribution in [0.5, 0.6) is 0 Å². The van der Waals surface area contributed by atoms with Gasteiger partial charge in [-0.15, -0.1) is 0 Å². The molecule has 0 radical (unpaired) electrons. The summed E-state index contributed by atoms with van der Waals surface area (Å²) in [6, 6.07) is 5.11. The maximum atomic E-state index is 12.2. The van der Waals surface area contributed by atoms with E-state index in [4.69, 9.17) is 0 Å². The Labute approximate surface area is 138 Å². The molecule has 1 unspecified atom stereocenters. The van der Waals surface area contributed by atoms with E-state index in [-0.39, 0.29) is 17.9 Å². The predicted octanol–water partition coefficient (Wildman–Crippen LogP) is -0.569. The molecule has 0 aromatic heterocycles. The summed E-state index contributed by atoms with van der Waals surface area (Å²) in [5.41, 5.74) is 0.723. The molecular formula is C15H17N3O5S. The molecule has 1 saturated heterocycles. The fourth-order valence-corrected chi connectivity index (χ4v) is 4.51. The largest absolute Gasteiger partial charge is 0.352 e. The van der Waals surface area contributed by atoms with E-state index >= 15 is 0 Å². The van der Waals surface area contributed by atoms with Crippen LogP contribution in [0.1, 0.15) is 23.2 Å². The number of benzene rings is 1. The van der Waals surface area contributed by atoms with Gasteiger partial charge >= 0.3 is 0 Å². The highest BCUT2D eigenvalue weighted by atomic mass is 32.2. The summed E-state index contributed by atoms with van der Waals surface area (Å²) < 4.78 is 22.8. The first kappa shape index (κ1) is 16.4. The zero-order valence-corrected chi connectivity index (χ0v) is 13.6. The molecule has 2 aliphatic heterocycles. The van der Waals surface area contributed by atoms with Crippen LogP contribution in [0.2, 0.25) is 0 Å². The van der Waals surface area contributed by atoms with Crippen molar-refractivity contribution in [2.24, 2.45) is 0 Å². The second kappa shape index (κ2) is 6.23. The maximum Gasteiger partial charge on any atom is 0.254 e. The van der Waals surface area contributed by atoms with E-state index in [1.807, 2.05) is 0 Å². The van der Waals surface area contributed by atoms with Gasteiger partial charge in [-0.25, -0.2) is 8.42 Å². The van der Waals surface area contributed by atoms with E-state index < -0.39 is 39.6 Å². The Hall–Kier alpha value is -2.42. The van der Waals surface area contributed by atoms with Gasteiger partial charge in [-0.1, -0.05) is 12.1 Å². The number of nitrogens with one attached hydrogen (secondary N) is 3. The molecule has 9 heteroatoms. The summed E-state index contributed by atoms with van der Waals surface area (Å²) >= 11 is 0. The Balaban J connectivity index is 1.64. The fourth-order valence-electron chi connectivity index (χ4n) is 2.84. The highest BCUT2D eigenvalue weighted by Gasteiger charge is 2.32. The molecule has 3 amide bonds. The van der Waals surface area contributed by atoms with Gasteiger partial charge in [0.05, 0.1) is 29.2 Å². The second-order valence-corrected chi connectivity index (χ2v) is 8.16. The molecule has 2 heterocycles. The molecule has 24 heavy (non-hydrogen) atoms. The molecule has 2 atom stereocenters. The predicted molar refractivity (Wildman–Crippen MR) is 86.1 cm³/mol. The number of anilines is 1. The van der Waals surface area contributed by atoms with Gasteiger partial charge in [0, 0.05) is 6.04 Å². The number of fused-ring (bicyclic) bond motifs is 1. The number of hydrogen-bond donors (Lipinski definition) is 3. The second-order valence-electron chi connectivity index (χ2n) is 5.93. The van der Waals surface area contributed by atoms with E-state index in [1.54, 1.807) is 24.3 Å². The molecule has 0 spiro atoms. The first-order valence-electron chi connectivity index (χ1n) is 7.54. The third-order valence-electron chi connectivity index (χ3n) is 4.04. The lowest BCUT2D eigenvalue weighted by molar-refractivity contribution is -0.126. The normalized spacial score (nSPS) is 25.2. The lowest BCUT2D eigenvalue weighted by Crippen LogP contribution is -2.46. The molecule has 1 aromatic carbocycles. The zero-order chi connectivity index (χ0) is 17.3. The van der Waals surface area contributed by atoms with Crippen LogP contribution in [0.25, 0.3) is 0 Å². The summed E-state index contributed by atoms with van der Waals surface area (Å²) in [7, 11) is -3.10. The van der Waals surface area contributed by atoms with Gasteiger partial charge in [-0.05, 0) is 18.6 Å². The van der Waals surface area contributed by atoms with Crippen LogP contribution in [-0.2, 0) is 19.4 Å². The first-order valence-corrected chi connectivity index (χ1v) is 9.37. The molecule has 1 fully saturated rings. The summed E-state index contributed by atoms with van der Waals surface area (Å²) in [5, 5.41) is 7.75. The minimum atomic E-state index is -3.10. The van der Waals surface area contributed by atoms with E-state index in [9.17, 15) is 22.8 Å². The van der Waals surface area contributed by atoms with Gasteiger partial charge in [0.25, 0.3) is 5.91 Å². The molecule has 1 aromatic rings. The van der Waals surface area contributed by atoms with Crippen LogP contribution in [-0.4, -0.2) is 49.7 Å². The molecule has 128 valence electrons. The van der Waals surface area contributed by atoms with Crippen molar-refractivity contribution in [3.05, 3.63) is 29.8 Å². The quantitative estimate of drug-likeness (QED) is 0.673. The average molecular weight is 351 g/mol. The minimum absolute atomic E-state index is 0.0495. The van der Waals surface area contributed by atoms with Gasteiger partial charge in [0.1, 0.15) is 6.04 Å². The molecule has 0 bridgehead atoms. The summed E-state index contributed by atoms with van der Waals surface area (Å²) in [4.78, 5) is 36.4. The maximum absolute atomic E-state index is 12.2. The van der Waals surface area contributed by atoms with Crippen molar-refractivity contribution in [2.75, 3.05) is 16.8 Å². The molecule has 0 aliphatic carbocycles. The first-order chi connectivity index (χ1) is 11.3. The fraction of sp³-hybridized carbons (Fsp3) is 0.400. The Morgan fingerprint density at radius 2 is 2.00 bits per heavy atom. The van der Waals surface area contributed by atoms with Crippen molar-refractivity contribution >= 4 is 33.2 Å². The Morgan fingerprint density at radius 3 is 2.71 bits per heavy atom. The number of carbonyl (C=O) groups excluding carboxylic acids is 3. The van der Waals surface area contributed by atoms with Gasteiger partial charge in [0.2, 0.25) is 11.8 Å². The van der Waals surface area contributed by atoms with E-state index in [0.717, 1.165) is 0 Å². The van der Waals surface area contributed by atoms with Gasteiger partial charge in [-0.2, -0.15) is 0 Å². The van der Waals surface area contributed by atoms with Gasteiger partial charge in [-0.3, -0.25) is 14.4 Å². The van der Waals surface area contributed by atoms with Crippen LogP contribution in [0.3, 0.4) is 0 Å². The van der Waals surface area contributed by atoms with Gasteiger partial charge < -0.3 is 16.0 Å². The number of para-hydroxylation sites is 1. The van der Waals surface area contributed by atoms with Crippen molar-refractivity contribution < 1.29 is 22.8 Å². The van der Waals surface area contributed by atoms with Crippen LogP contribution in [0.4, 0.5) is 5.69 Å². The monoisotopic (exact) mass is 351 g/mol. The topological polar surface area (TPSA) is 121 Å². The number of amides is 3. The molecule has 3 N–H and O–H groups in total. The van der Waals surface area contributed by atoms with Crippen molar-refractivity contribution in [2.45, 2.75) is 24.9 Å². The zero-order valence-electron chi connectivity index (χ0n) is 12.7. The molecule has 3 rings (SSSR count). The Kier molecular flexibility index (Phi) is 4.27. The van der Waals surface area contributed by atoms with Crippen LogP contribution >= 0.6 is 0 Å². The number of rotatable bonds is 3. The molecular weight excluding hydrogens is 334 g/mol. The number of sulfone groups is 1. The smallest absolute Gasteiger partial charge is 0.254 e. The standard InChI is InChI=1S/C15H17N3O5S/c19-13(16-9-5-6-24(22,23)8-9)7-12-15(21)17-11-4-2-1-3-10(11)14(20)18-12/h1-4,9,12H,5-8H2,(H,16,19)(H,17,21)(H,18,20)/t9?,12-/m1/s1. The van der Waals surface area contributed by atoms with Crippen molar-refractivity contribution in [1.29, 1.82) is 0 Å². The summed E-state index contributed by atoms with van der Waals surface area (Å²) in [6.45, 7) is 0. The highest BCUT2D eigenvalue weighted by molar-refractivity contribution is 7.91. The van der Waals surface area contributed by atoms with Crippen molar-refractivity contribution in [1.82, 2.24) is 10.6 Å². The van der Waals surface area contributed by atoms with Crippen molar-refractivity contribution in [3.63, 3.8) is 0 Å². The van der Waals surface area contributed by atoms with Gasteiger partial charge in [0.15, 0.2) is 9.84 Å². The molecule has 0 saturated carbocycles. The van der Waals surface area contributed by atoms with Crippen molar-refractivity contribution in [3.8, 4) is 0 Å². The van der Waals surface area contributed by atoms with E-state index in [1.165, 1.54) is 0 Å². The average Bonchev–Trinajstić information content (AvgIpc) is 2.79. The van der Waals surface area contributed by atoms with E-state index in [0.29, 0.717) is 17.7 Å². The lowest BCUT2D eigenvalue weighted by Gasteiger charge is -2.16. The molecule has 8 nitrogen and oxygen atoms in total. The van der Waals surface area contributed by atoms with E-state index in [2.05, 4.69) is 16.0 Å². The van der Waals surface area contributed by atoms with Crippen LogP contribution in [0, 0.1) is 0 Å². The van der Waals surface area contributed by atoms with Crippen LogP contribution < -0.4 is 16.0 Å². The number of carbonyl (C=O) groups is 3. The van der Waals surface area contributed by atoms with Crippen LogP contribution in [0.15, 0.2) is 24.3 Å². The number of hydrogen-bond acceptors (Lipinski definition) is 5. The third kappa shape index (κ3) is 3.56. The molecule has 2 aliphatic rings. The summed E-state index contributed by atoms with van der Waals surface area (Å²) in [6.07, 6.45) is 0.116. The lowest BCUT2D eigenvalue weighted by atomic mass is 10.1. The SMILES string of the molecule is O=C(C[C@H]1NC(=O)c2ccccc2NC1=O)NC1CCS(=O)(=O)C1. The minimum Gasteiger partial charge on any atom is -0.352 e. The Bertz CT molecular complexity index is 805. The Morgan fingerprint density at radius 1 is 1.25 bits per heavy atom.